The fraction of sp³-hybridized carbons (Fsp3) is 0.429. The van der Waals surface area contributed by atoms with Crippen LogP contribution in [0.15, 0.2) is 24.3 Å². The number of nitrogens with one attached hydrogen (secondary N) is 1. The molecule has 104 valence electrons. The van der Waals surface area contributed by atoms with Crippen LogP contribution in [0.2, 0.25) is 0 Å². The number of carboxylic acids is 1. The quantitative estimate of drug-likeness (QED) is 0.688. The largest absolute Gasteiger partial charge is 0.478 e. The van der Waals surface area contributed by atoms with Gasteiger partial charge in [0.15, 0.2) is 0 Å². The highest BCUT2D eigenvalue weighted by Gasteiger charge is 2.12. The van der Waals surface area contributed by atoms with Gasteiger partial charge in [-0.2, -0.15) is 0 Å². The highest BCUT2D eigenvalue weighted by atomic mass is 16.4. The summed E-state index contributed by atoms with van der Waals surface area (Å²) in [6.45, 7) is 2.51. The first-order valence-corrected chi connectivity index (χ1v) is 6.23. The van der Waals surface area contributed by atoms with Crippen molar-refractivity contribution in [2.45, 2.75) is 19.8 Å². The Morgan fingerprint density at radius 1 is 1.32 bits per heavy atom. The van der Waals surface area contributed by atoms with E-state index in [9.17, 15) is 9.59 Å². The van der Waals surface area contributed by atoms with Crippen LogP contribution in [-0.4, -0.2) is 35.2 Å². The Morgan fingerprint density at radius 3 is 2.63 bits per heavy atom. The molecule has 0 aliphatic rings. The molecule has 0 radical (unpaired) electrons. The summed E-state index contributed by atoms with van der Waals surface area (Å²) in [7, 11) is 0. The van der Waals surface area contributed by atoms with E-state index in [-0.39, 0.29) is 30.4 Å². The van der Waals surface area contributed by atoms with Gasteiger partial charge in [-0.3, -0.25) is 4.79 Å². The minimum absolute atomic E-state index is 0.0499. The number of carbonyl (C=O) groups excluding carboxylic acids is 1. The minimum Gasteiger partial charge on any atom is -0.478 e. The molecule has 0 aliphatic heterocycles. The van der Waals surface area contributed by atoms with Gasteiger partial charge in [-0.15, -0.1) is 0 Å². The third kappa shape index (κ3) is 5.09. The van der Waals surface area contributed by atoms with Crippen LogP contribution in [0.3, 0.4) is 0 Å². The molecule has 1 atom stereocenters. The van der Waals surface area contributed by atoms with Crippen molar-refractivity contribution >= 4 is 11.9 Å². The first-order valence-electron chi connectivity index (χ1n) is 6.23. The molecule has 0 fully saturated rings. The van der Waals surface area contributed by atoms with Crippen LogP contribution in [0.4, 0.5) is 0 Å². The average Bonchev–Trinajstić information content (AvgIpc) is 2.37. The molecule has 0 aliphatic carbocycles. The molecule has 0 spiro atoms. The number of hydrogen-bond acceptors (Lipinski definition) is 3. The lowest BCUT2D eigenvalue weighted by Gasteiger charge is -2.11. The highest BCUT2D eigenvalue weighted by molar-refractivity contribution is 5.91. The Kier molecular flexibility index (Phi) is 6.02. The molecule has 19 heavy (non-hydrogen) atoms. The van der Waals surface area contributed by atoms with E-state index in [4.69, 9.17) is 10.2 Å². The summed E-state index contributed by atoms with van der Waals surface area (Å²) in [5.41, 5.74) is 0.656. The number of aliphatic hydroxyl groups excluding tert-OH is 1. The van der Waals surface area contributed by atoms with Crippen LogP contribution in [0.1, 0.15) is 29.3 Å². The molecule has 1 aromatic carbocycles. The Balaban J connectivity index is 2.55. The molecular weight excluding hydrogens is 246 g/mol. The summed E-state index contributed by atoms with van der Waals surface area (Å²) in [5.74, 6) is -1.04. The van der Waals surface area contributed by atoms with Gasteiger partial charge < -0.3 is 15.5 Å². The zero-order chi connectivity index (χ0) is 14.3. The third-order valence-corrected chi connectivity index (χ3v) is 2.87. The first-order chi connectivity index (χ1) is 9.04. The smallest absolute Gasteiger partial charge is 0.335 e. The predicted molar refractivity (Wildman–Crippen MR) is 71.0 cm³/mol. The van der Waals surface area contributed by atoms with Crippen LogP contribution in [-0.2, 0) is 11.2 Å². The number of carboxylic acid groups (broad SMARTS) is 1. The molecular formula is C14H19NO4. The number of benzene rings is 1. The van der Waals surface area contributed by atoms with Crippen molar-refractivity contribution in [2.75, 3.05) is 13.2 Å². The molecule has 0 aromatic heterocycles. The number of carbonyl (C=O) groups is 2. The molecule has 1 rings (SSSR count). The van der Waals surface area contributed by atoms with Crippen LogP contribution >= 0.6 is 0 Å². The van der Waals surface area contributed by atoms with Gasteiger partial charge in [-0.1, -0.05) is 25.1 Å². The summed E-state index contributed by atoms with van der Waals surface area (Å²) < 4.78 is 0. The monoisotopic (exact) mass is 265 g/mol. The summed E-state index contributed by atoms with van der Waals surface area (Å²) >= 11 is 0. The predicted octanol–water partition coefficient (Wildman–Crippen LogP) is 1.06. The topological polar surface area (TPSA) is 86.6 Å². The van der Waals surface area contributed by atoms with Crippen molar-refractivity contribution in [3.05, 3.63) is 35.4 Å². The van der Waals surface area contributed by atoms with Gasteiger partial charge in [-0.05, 0) is 24.0 Å². The zero-order valence-corrected chi connectivity index (χ0v) is 10.9. The van der Waals surface area contributed by atoms with Crippen LogP contribution in [0.25, 0.3) is 0 Å². The number of rotatable bonds is 7. The summed E-state index contributed by atoms with van der Waals surface area (Å²) in [6.07, 6.45) is 0.681. The van der Waals surface area contributed by atoms with Gasteiger partial charge in [0.25, 0.3) is 0 Å². The fourth-order valence-electron chi connectivity index (χ4n) is 1.73. The Hall–Kier alpha value is -1.88. The number of hydrogen-bond donors (Lipinski definition) is 3. The van der Waals surface area contributed by atoms with E-state index >= 15 is 0 Å². The summed E-state index contributed by atoms with van der Waals surface area (Å²) in [5, 5.41) is 20.5. The van der Waals surface area contributed by atoms with Crippen molar-refractivity contribution in [3.63, 3.8) is 0 Å². The van der Waals surface area contributed by atoms with E-state index in [0.29, 0.717) is 18.5 Å². The third-order valence-electron chi connectivity index (χ3n) is 2.87. The normalized spacial score (nSPS) is 11.9. The number of amides is 1. The number of aliphatic hydroxyl groups is 1. The molecule has 1 amide bonds. The number of aromatic carboxylic acids is 1. The molecule has 0 saturated carbocycles. The van der Waals surface area contributed by atoms with Crippen molar-refractivity contribution < 1.29 is 19.8 Å². The summed E-state index contributed by atoms with van der Waals surface area (Å²) in [6, 6.07) is 6.47. The van der Waals surface area contributed by atoms with E-state index in [1.54, 1.807) is 18.2 Å². The summed E-state index contributed by atoms with van der Waals surface area (Å²) in [4.78, 5) is 22.7. The molecule has 5 heteroatoms. The lowest BCUT2D eigenvalue weighted by atomic mass is 10.0. The molecule has 1 unspecified atom stereocenters. The molecule has 3 N–H and O–H groups in total. The van der Waals surface area contributed by atoms with E-state index in [2.05, 4.69) is 5.32 Å². The second-order valence-corrected chi connectivity index (χ2v) is 4.56. The Labute approximate surface area is 112 Å². The molecule has 0 saturated heterocycles. The van der Waals surface area contributed by atoms with E-state index in [1.807, 2.05) is 6.92 Å². The Bertz CT molecular complexity index is 445. The standard InChI is InChI=1S/C14H19NO4/c1-10(6-7-16)9-15-13(17)8-11-4-2-3-5-12(11)14(18)19/h2-5,10,16H,6-9H2,1H3,(H,15,17)(H,18,19). The van der Waals surface area contributed by atoms with Gasteiger partial charge >= 0.3 is 5.97 Å². The highest BCUT2D eigenvalue weighted by Crippen LogP contribution is 2.09. The lowest BCUT2D eigenvalue weighted by molar-refractivity contribution is -0.120. The van der Waals surface area contributed by atoms with Crippen molar-refractivity contribution in [1.82, 2.24) is 5.32 Å². The first kappa shape index (κ1) is 15.2. The maximum atomic E-state index is 11.7. The van der Waals surface area contributed by atoms with E-state index in [1.165, 1.54) is 6.07 Å². The molecule has 0 bridgehead atoms. The van der Waals surface area contributed by atoms with Crippen LogP contribution in [0.5, 0.6) is 0 Å². The lowest BCUT2D eigenvalue weighted by Crippen LogP contribution is -2.30. The van der Waals surface area contributed by atoms with Crippen molar-refractivity contribution in [2.24, 2.45) is 5.92 Å². The molecule has 0 heterocycles. The molecule has 1 aromatic rings. The van der Waals surface area contributed by atoms with Gasteiger partial charge in [-0.25, -0.2) is 4.79 Å². The molecule has 5 nitrogen and oxygen atoms in total. The second kappa shape index (κ2) is 7.53. The van der Waals surface area contributed by atoms with Crippen LogP contribution in [0, 0.1) is 5.92 Å². The zero-order valence-electron chi connectivity index (χ0n) is 10.9. The van der Waals surface area contributed by atoms with Crippen LogP contribution < -0.4 is 5.32 Å². The SMILES string of the molecule is CC(CCO)CNC(=O)Cc1ccccc1C(=O)O. The van der Waals surface area contributed by atoms with E-state index < -0.39 is 5.97 Å². The average molecular weight is 265 g/mol. The van der Waals surface area contributed by atoms with Gasteiger partial charge in [0, 0.05) is 13.2 Å². The van der Waals surface area contributed by atoms with Gasteiger partial charge in [0.1, 0.15) is 0 Å². The van der Waals surface area contributed by atoms with Gasteiger partial charge in [0.2, 0.25) is 5.91 Å². The Morgan fingerprint density at radius 2 is 2.00 bits per heavy atom. The maximum Gasteiger partial charge on any atom is 0.335 e. The second-order valence-electron chi connectivity index (χ2n) is 4.56. The fourth-order valence-corrected chi connectivity index (χ4v) is 1.73. The van der Waals surface area contributed by atoms with Crippen molar-refractivity contribution in [3.8, 4) is 0 Å². The van der Waals surface area contributed by atoms with Gasteiger partial charge in [0.05, 0.1) is 12.0 Å². The maximum absolute atomic E-state index is 11.7. The minimum atomic E-state index is -1.03. The van der Waals surface area contributed by atoms with Crippen molar-refractivity contribution in [1.29, 1.82) is 0 Å². The van der Waals surface area contributed by atoms with E-state index in [0.717, 1.165) is 0 Å².